The number of halogens is 2. The first-order valence-electron chi connectivity index (χ1n) is 5.64. The number of hydrogen-bond donors (Lipinski definition) is 2. The van der Waals surface area contributed by atoms with E-state index in [9.17, 15) is 9.18 Å². The topological polar surface area (TPSA) is 41.1 Å². The minimum absolute atomic E-state index is 0.160. The molecule has 2 aromatic carbocycles. The molecule has 0 saturated carbocycles. The van der Waals surface area contributed by atoms with Crippen LogP contribution in [0.5, 0.6) is 0 Å². The molecule has 0 saturated heterocycles. The minimum atomic E-state index is -0.484. The Labute approximate surface area is 119 Å². The van der Waals surface area contributed by atoms with Crippen molar-refractivity contribution >= 4 is 33.3 Å². The number of hydrogen-bond acceptors (Lipinski definition) is 1. The lowest BCUT2D eigenvalue weighted by Crippen LogP contribution is -2.20. The summed E-state index contributed by atoms with van der Waals surface area (Å²) in [4.78, 5) is 11.8. The third kappa shape index (κ3) is 3.79. The number of amides is 2. The summed E-state index contributed by atoms with van der Waals surface area (Å²) in [5.74, 6) is -0.463. The first-order valence-corrected chi connectivity index (χ1v) is 6.43. The fraction of sp³-hybridized carbons (Fsp3) is 0.0714. The second-order valence-electron chi connectivity index (χ2n) is 4.07. The van der Waals surface area contributed by atoms with Crippen molar-refractivity contribution in [1.29, 1.82) is 0 Å². The van der Waals surface area contributed by atoms with E-state index in [0.29, 0.717) is 5.69 Å². The monoisotopic (exact) mass is 322 g/mol. The maximum Gasteiger partial charge on any atom is 0.323 e. The Morgan fingerprint density at radius 3 is 2.68 bits per heavy atom. The van der Waals surface area contributed by atoms with Gasteiger partial charge in [-0.05, 0) is 42.8 Å². The highest BCUT2D eigenvalue weighted by Gasteiger charge is 2.07. The van der Waals surface area contributed by atoms with Gasteiger partial charge in [0.2, 0.25) is 0 Å². The van der Waals surface area contributed by atoms with Crippen molar-refractivity contribution in [2.75, 3.05) is 10.6 Å². The van der Waals surface area contributed by atoms with E-state index < -0.39 is 11.8 Å². The molecule has 0 heterocycles. The van der Waals surface area contributed by atoms with Gasteiger partial charge in [-0.1, -0.05) is 28.1 Å². The van der Waals surface area contributed by atoms with E-state index in [1.807, 2.05) is 13.0 Å². The van der Waals surface area contributed by atoms with Crippen molar-refractivity contribution in [2.45, 2.75) is 6.92 Å². The van der Waals surface area contributed by atoms with Gasteiger partial charge in [0.05, 0.1) is 5.69 Å². The predicted molar refractivity (Wildman–Crippen MR) is 77.9 cm³/mol. The number of rotatable bonds is 2. The van der Waals surface area contributed by atoms with E-state index in [4.69, 9.17) is 0 Å². The van der Waals surface area contributed by atoms with Crippen LogP contribution >= 0.6 is 15.9 Å². The van der Waals surface area contributed by atoms with Crippen molar-refractivity contribution < 1.29 is 9.18 Å². The Hall–Kier alpha value is -1.88. The van der Waals surface area contributed by atoms with Crippen LogP contribution in [0.4, 0.5) is 20.6 Å². The van der Waals surface area contributed by atoms with Crippen molar-refractivity contribution in [3.63, 3.8) is 0 Å². The summed E-state index contributed by atoms with van der Waals surface area (Å²) < 4.78 is 14.3. The molecule has 0 unspecified atom stereocenters. The number of benzene rings is 2. The van der Waals surface area contributed by atoms with Gasteiger partial charge in [-0.3, -0.25) is 0 Å². The molecule has 0 aliphatic rings. The molecule has 5 heteroatoms. The number of carbonyl (C=O) groups is 1. The van der Waals surface area contributed by atoms with Gasteiger partial charge in [0, 0.05) is 10.2 Å². The number of urea groups is 1. The summed E-state index contributed by atoms with van der Waals surface area (Å²) in [5, 5.41) is 5.11. The Morgan fingerprint density at radius 2 is 1.95 bits per heavy atom. The molecule has 0 spiro atoms. The molecule has 2 amide bonds. The molecule has 0 bridgehead atoms. The second-order valence-corrected chi connectivity index (χ2v) is 4.99. The van der Waals surface area contributed by atoms with Crippen molar-refractivity contribution in [1.82, 2.24) is 0 Å². The Kier molecular flexibility index (Phi) is 4.16. The lowest BCUT2D eigenvalue weighted by molar-refractivity contribution is 0.262. The Bertz CT molecular complexity index is 616. The standard InChI is InChI=1S/C14H12BrFN2O/c1-9-5-6-12(16)13(7-9)18-14(19)17-11-4-2-3-10(15)8-11/h2-8H,1H3,(H2,17,18,19). The van der Waals surface area contributed by atoms with Gasteiger partial charge in [0.15, 0.2) is 0 Å². The molecule has 2 aromatic rings. The van der Waals surface area contributed by atoms with E-state index in [-0.39, 0.29) is 5.69 Å². The zero-order valence-electron chi connectivity index (χ0n) is 10.2. The summed E-state index contributed by atoms with van der Waals surface area (Å²) in [6.45, 7) is 1.83. The van der Waals surface area contributed by atoms with Crippen molar-refractivity contribution in [2.24, 2.45) is 0 Å². The van der Waals surface area contributed by atoms with Crippen LogP contribution in [0, 0.1) is 12.7 Å². The second kappa shape index (κ2) is 5.84. The molecule has 2 N–H and O–H groups in total. The Balaban J connectivity index is 2.07. The molecule has 0 aromatic heterocycles. The fourth-order valence-corrected chi connectivity index (χ4v) is 1.99. The van der Waals surface area contributed by atoms with Crippen LogP contribution < -0.4 is 10.6 Å². The molecular formula is C14H12BrFN2O. The zero-order chi connectivity index (χ0) is 13.8. The van der Waals surface area contributed by atoms with E-state index >= 15 is 0 Å². The van der Waals surface area contributed by atoms with Crippen LogP contribution in [0.2, 0.25) is 0 Å². The lowest BCUT2D eigenvalue weighted by Gasteiger charge is -2.09. The average Bonchev–Trinajstić information content (AvgIpc) is 2.34. The van der Waals surface area contributed by atoms with Gasteiger partial charge in [-0.2, -0.15) is 0 Å². The third-order valence-electron chi connectivity index (χ3n) is 2.45. The molecule has 2 rings (SSSR count). The van der Waals surface area contributed by atoms with Crippen LogP contribution in [-0.2, 0) is 0 Å². The molecule has 0 atom stereocenters. The van der Waals surface area contributed by atoms with Crippen LogP contribution in [0.25, 0.3) is 0 Å². The predicted octanol–water partition coefficient (Wildman–Crippen LogP) is 4.54. The van der Waals surface area contributed by atoms with E-state index in [1.165, 1.54) is 6.07 Å². The van der Waals surface area contributed by atoms with E-state index in [1.54, 1.807) is 30.3 Å². The van der Waals surface area contributed by atoms with E-state index in [2.05, 4.69) is 26.6 Å². The molecule has 19 heavy (non-hydrogen) atoms. The third-order valence-corrected chi connectivity index (χ3v) is 2.95. The lowest BCUT2D eigenvalue weighted by atomic mass is 10.2. The van der Waals surface area contributed by atoms with Gasteiger partial charge in [-0.15, -0.1) is 0 Å². The minimum Gasteiger partial charge on any atom is -0.308 e. The maximum absolute atomic E-state index is 13.5. The number of nitrogens with one attached hydrogen (secondary N) is 2. The zero-order valence-corrected chi connectivity index (χ0v) is 11.8. The van der Waals surface area contributed by atoms with Gasteiger partial charge < -0.3 is 10.6 Å². The summed E-state index contributed by atoms with van der Waals surface area (Å²) in [6, 6.07) is 11.2. The highest BCUT2D eigenvalue weighted by molar-refractivity contribution is 9.10. The van der Waals surface area contributed by atoms with Crippen LogP contribution in [-0.4, -0.2) is 6.03 Å². The summed E-state index contributed by atoms with van der Waals surface area (Å²) >= 11 is 3.31. The van der Waals surface area contributed by atoms with Gasteiger partial charge >= 0.3 is 6.03 Å². The summed E-state index contributed by atoms with van der Waals surface area (Å²) in [7, 11) is 0. The van der Waals surface area contributed by atoms with E-state index in [0.717, 1.165) is 10.0 Å². The molecule has 3 nitrogen and oxygen atoms in total. The highest BCUT2D eigenvalue weighted by atomic mass is 79.9. The van der Waals surface area contributed by atoms with Crippen molar-refractivity contribution in [3.05, 3.63) is 58.3 Å². The molecule has 0 aliphatic carbocycles. The highest BCUT2D eigenvalue weighted by Crippen LogP contribution is 2.18. The fourth-order valence-electron chi connectivity index (χ4n) is 1.59. The van der Waals surface area contributed by atoms with Crippen molar-refractivity contribution in [3.8, 4) is 0 Å². The number of aryl methyl sites for hydroxylation is 1. The Morgan fingerprint density at radius 1 is 1.16 bits per heavy atom. The summed E-state index contributed by atoms with van der Waals surface area (Å²) in [6.07, 6.45) is 0. The molecule has 98 valence electrons. The molecule has 0 aliphatic heterocycles. The summed E-state index contributed by atoms with van der Waals surface area (Å²) in [5.41, 5.74) is 1.66. The smallest absolute Gasteiger partial charge is 0.308 e. The van der Waals surface area contributed by atoms with Gasteiger partial charge in [-0.25, -0.2) is 9.18 Å². The number of carbonyl (C=O) groups excluding carboxylic acids is 1. The van der Waals surface area contributed by atoms with Crippen LogP contribution in [0.3, 0.4) is 0 Å². The molecular weight excluding hydrogens is 311 g/mol. The first kappa shape index (κ1) is 13.5. The largest absolute Gasteiger partial charge is 0.323 e. The van der Waals surface area contributed by atoms with Crippen LogP contribution in [0.15, 0.2) is 46.9 Å². The van der Waals surface area contributed by atoms with Gasteiger partial charge in [0.25, 0.3) is 0 Å². The quantitative estimate of drug-likeness (QED) is 0.837. The number of anilines is 2. The maximum atomic E-state index is 13.5. The molecule has 0 fully saturated rings. The van der Waals surface area contributed by atoms with Crippen LogP contribution in [0.1, 0.15) is 5.56 Å². The normalized spacial score (nSPS) is 10.1. The average molecular weight is 323 g/mol. The first-order chi connectivity index (χ1) is 9.04. The molecule has 0 radical (unpaired) electrons. The SMILES string of the molecule is Cc1ccc(F)c(NC(=O)Nc2cccc(Br)c2)c1. The van der Waals surface area contributed by atoms with Gasteiger partial charge in [0.1, 0.15) is 5.82 Å².